The molecule has 1 aliphatic rings. The molecular formula is C26H24F3N3O7. The van der Waals surface area contributed by atoms with Gasteiger partial charge < -0.3 is 14.3 Å². The molecule has 2 atom stereocenters. The van der Waals surface area contributed by atoms with E-state index in [0.29, 0.717) is 5.75 Å². The second-order valence-corrected chi connectivity index (χ2v) is 8.76. The second kappa shape index (κ2) is 11.7. The molecule has 0 saturated carbocycles. The van der Waals surface area contributed by atoms with Crippen LogP contribution >= 0.6 is 0 Å². The molecule has 206 valence electrons. The van der Waals surface area contributed by atoms with Gasteiger partial charge in [0.2, 0.25) is 5.91 Å². The summed E-state index contributed by atoms with van der Waals surface area (Å²) in [5.41, 5.74) is 3.81. The van der Waals surface area contributed by atoms with Crippen molar-refractivity contribution in [3.8, 4) is 5.75 Å². The molecule has 4 rings (SSSR count). The van der Waals surface area contributed by atoms with Crippen LogP contribution in [0.25, 0.3) is 10.9 Å². The van der Waals surface area contributed by atoms with Crippen molar-refractivity contribution in [2.45, 2.75) is 44.7 Å². The molecular weight excluding hydrogens is 523 g/mol. The summed E-state index contributed by atoms with van der Waals surface area (Å²) in [6, 6.07) is 13.8. The number of pyridine rings is 1. The lowest BCUT2D eigenvalue weighted by atomic mass is 10.1. The monoisotopic (exact) mass is 547 g/mol. The lowest BCUT2D eigenvalue weighted by Gasteiger charge is -2.30. The molecule has 0 aliphatic carbocycles. The molecule has 39 heavy (non-hydrogen) atoms. The minimum Gasteiger partial charge on any atom is -0.489 e. The SMILES string of the molecule is Cc1cc(COc2ccc(C(=O)N(OC(=O)C(F)(F)F)[C@@H]3CCO[C@@H]3CC(=O)NO)cc2)c2ccccc2n1. The molecule has 2 heterocycles. The number of ether oxygens (including phenoxy) is 2. The zero-order valence-electron chi connectivity index (χ0n) is 20.6. The predicted octanol–water partition coefficient (Wildman–Crippen LogP) is 3.64. The highest BCUT2D eigenvalue weighted by atomic mass is 19.4. The Balaban J connectivity index is 1.52. The van der Waals surface area contributed by atoms with Crippen molar-refractivity contribution < 1.29 is 47.1 Å². The lowest BCUT2D eigenvalue weighted by molar-refractivity contribution is -0.236. The number of carbonyl (C=O) groups excluding carboxylic acids is 3. The number of aromatic nitrogens is 1. The number of aryl methyl sites for hydroxylation is 1. The maximum Gasteiger partial charge on any atom is 0.493 e. The van der Waals surface area contributed by atoms with E-state index in [1.807, 2.05) is 37.3 Å². The summed E-state index contributed by atoms with van der Waals surface area (Å²) >= 11 is 0. The van der Waals surface area contributed by atoms with Gasteiger partial charge in [-0.2, -0.15) is 18.2 Å². The number of hydrogen-bond acceptors (Lipinski definition) is 8. The summed E-state index contributed by atoms with van der Waals surface area (Å²) in [6.07, 6.45) is -6.99. The Hall–Kier alpha value is -4.23. The van der Waals surface area contributed by atoms with Gasteiger partial charge in [-0.25, -0.2) is 10.3 Å². The van der Waals surface area contributed by atoms with Crippen molar-refractivity contribution in [3.63, 3.8) is 0 Å². The number of alkyl halides is 3. The number of nitrogens with one attached hydrogen (secondary N) is 1. The summed E-state index contributed by atoms with van der Waals surface area (Å²) in [6.45, 7) is 2.04. The molecule has 0 spiro atoms. The quantitative estimate of drug-likeness (QED) is 0.339. The van der Waals surface area contributed by atoms with E-state index in [2.05, 4.69) is 9.82 Å². The van der Waals surface area contributed by atoms with Gasteiger partial charge in [-0.3, -0.25) is 19.8 Å². The number of rotatable bonds is 7. The molecule has 2 amide bonds. The third-order valence-corrected chi connectivity index (χ3v) is 6.03. The third-order valence-electron chi connectivity index (χ3n) is 6.03. The van der Waals surface area contributed by atoms with Gasteiger partial charge in [0.1, 0.15) is 12.4 Å². The number of nitrogens with zero attached hydrogens (tertiary/aromatic N) is 2. The van der Waals surface area contributed by atoms with Crippen LogP contribution in [0, 0.1) is 6.92 Å². The minimum atomic E-state index is -5.37. The fraction of sp³-hybridized carbons (Fsp3) is 0.308. The lowest BCUT2D eigenvalue weighted by Crippen LogP contribution is -2.48. The van der Waals surface area contributed by atoms with E-state index in [1.54, 1.807) is 0 Å². The largest absolute Gasteiger partial charge is 0.493 e. The molecule has 1 fully saturated rings. The number of fused-ring (bicyclic) bond motifs is 1. The molecule has 1 aliphatic heterocycles. The van der Waals surface area contributed by atoms with Gasteiger partial charge in [0.15, 0.2) is 0 Å². The first-order valence-electron chi connectivity index (χ1n) is 11.8. The van der Waals surface area contributed by atoms with E-state index in [-0.39, 0.29) is 30.3 Å². The zero-order chi connectivity index (χ0) is 28.2. The van der Waals surface area contributed by atoms with Crippen LogP contribution in [0.5, 0.6) is 5.75 Å². The normalized spacial score (nSPS) is 17.1. The number of amides is 2. The summed E-state index contributed by atoms with van der Waals surface area (Å²) in [5, 5.41) is 9.98. The Morgan fingerprint density at radius 3 is 2.56 bits per heavy atom. The zero-order valence-corrected chi connectivity index (χ0v) is 20.6. The van der Waals surface area contributed by atoms with Gasteiger partial charge in [0.25, 0.3) is 5.91 Å². The number of halogens is 3. The number of carbonyl (C=O) groups is 3. The van der Waals surface area contributed by atoms with Crippen molar-refractivity contribution in [2.75, 3.05) is 6.61 Å². The van der Waals surface area contributed by atoms with E-state index < -0.39 is 42.5 Å². The van der Waals surface area contributed by atoms with E-state index in [1.165, 1.54) is 29.7 Å². The van der Waals surface area contributed by atoms with Gasteiger partial charge in [-0.1, -0.05) is 18.2 Å². The first kappa shape index (κ1) is 27.8. The van der Waals surface area contributed by atoms with Crippen molar-refractivity contribution in [3.05, 3.63) is 71.4 Å². The molecule has 0 unspecified atom stereocenters. The van der Waals surface area contributed by atoms with Gasteiger partial charge in [-0.15, -0.1) is 0 Å². The van der Waals surface area contributed by atoms with E-state index in [4.69, 9.17) is 14.7 Å². The Labute approximate surface area is 220 Å². The highest BCUT2D eigenvalue weighted by Crippen LogP contribution is 2.28. The van der Waals surface area contributed by atoms with Crippen LogP contribution < -0.4 is 10.2 Å². The third kappa shape index (κ3) is 6.62. The van der Waals surface area contributed by atoms with Crippen molar-refractivity contribution in [1.29, 1.82) is 0 Å². The van der Waals surface area contributed by atoms with Crippen LogP contribution in [0.15, 0.2) is 54.6 Å². The minimum absolute atomic E-state index is 0.0131. The summed E-state index contributed by atoms with van der Waals surface area (Å²) in [5.74, 6) is -4.17. The van der Waals surface area contributed by atoms with Gasteiger partial charge in [-0.05, 0) is 49.7 Å². The maximum atomic E-state index is 13.2. The van der Waals surface area contributed by atoms with Crippen molar-refractivity contribution in [1.82, 2.24) is 15.5 Å². The van der Waals surface area contributed by atoms with Crippen LogP contribution in [-0.2, 0) is 25.8 Å². The Morgan fingerprint density at radius 1 is 1.15 bits per heavy atom. The highest BCUT2D eigenvalue weighted by molar-refractivity contribution is 5.95. The summed E-state index contributed by atoms with van der Waals surface area (Å²) in [4.78, 5) is 45.4. The van der Waals surface area contributed by atoms with Gasteiger partial charge in [0, 0.05) is 28.8 Å². The predicted molar refractivity (Wildman–Crippen MR) is 128 cm³/mol. The van der Waals surface area contributed by atoms with Crippen molar-refractivity contribution in [2.24, 2.45) is 0 Å². The molecule has 3 aromatic rings. The van der Waals surface area contributed by atoms with Crippen LogP contribution in [0.4, 0.5) is 13.2 Å². The molecule has 1 saturated heterocycles. The summed E-state index contributed by atoms with van der Waals surface area (Å²) < 4.78 is 50.1. The average Bonchev–Trinajstić information content (AvgIpc) is 3.36. The number of hydroxylamine groups is 3. The fourth-order valence-corrected chi connectivity index (χ4v) is 4.23. The summed E-state index contributed by atoms with van der Waals surface area (Å²) in [7, 11) is 0. The Bertz CT molecular complexity index is 1370. The fourth-order valence-electron chi connectivity index (χ4n) is 4.23. The molecule has 13 heteroatoms. The first-order chi connectivity index (χ1) is 18.6. The highest BCUT2D eigenvalue weighted by Gasteiger charge is 2.47. The Morgan fingerprint density at radius 2 is 1.87 bits per heavy atom. The molecule has 0 radical (unpaired) electrons. The van der Waals surface area contributed by atoms with E-state index in [9.17, 15) is 27.6 Å². The van der Waals surface area contributed by atoms with Gasteiger partial charge in [0.05, 0.1) is 24.1 Å². The molecule has 1 aromatic heterocycles. The molecule has 2 aromatic carbocycles. The standard InChI is InChI=1S/C26H24F3N3O7/c1-15-12-17(19-4-2-3-5-20(19)30-15)14-38-18-8-6-16(7-9-18)24(34)32(39-25(35)26(27,28)29)21-10-11-37-22(21)13-23(33)31-36/h2-9,12,21-22,36H,10-11,13-14H2,1H3,(H,31,33)/t21-,22-/m1/s1. The molecule has 2 N–H and O–H groups in total. The van der Waals surface area contributed by atoms with Crippen molar-refractivity contribution >= 4 is 28.7 Å². The van der Waals surface area contributed by atoms with Crippen LogP contribution in [0.3, 0.4) is 0 Å². The van der Waals surface area contributed by atoms with E-state index >= 15 is 0 Å². The average molecular weight is 547 g/mol. The Kier molecular flexibility index (Phi) is 8.31. The number of benzene rings is 2. The van der Waals surface area contributed by atoms with Crippen LogP contribution in [0.1, 0.15) is 34.5 Å². The second-order valence-electron chi connectivity index (χ2n) is 8.76. The number of para-hydroxylation sites is 1. The van der Waals surface area contributed by atoms with Gasteiger partial charge >= 0.3 is 12.1 Å². The first-order valence-corrected chi connectivity index (χ1v) is 11.8. The maximum absolute atomic E-state index is 13.2. The van der Waals surface area contributed by atoms with E-state index in [0.717, 1.165) is 22.2 Å². The van der Waals surface area contributed by atoms with Crippen LogP contribution in [-0.4, -0.2) is 58.0 Å². The molecule has 10 nitrogen and oxygen atoms in total. The number of hydrogen-bond donors (Lipinski definition) is 2. The smallest absolute Gasteiger partial charge is 0.489 e. The van der Waals surface area contributed by atoms with Crippen LogP contribution in [0.2, 0.25) is 0 Å². The topological polar surface area (TPSA) is 127 Å². The molecule has 0 bridgehead atoms.